The lowest BCUT2D eigenvalue weighted by Gasteiger charge is -2.23. The first-order chi connectivity index (χ1) is 8.75. The molecule has 1 N–H and O–H groups in total. The van der Waals surface area contributed by atoms with Crippen LogP contribution >= 0.6 is 0 Å². The van der Waals surface area contributed by atoms with Crippen LogP contribution < -0.4 is 0 Å². The summed E-state index contributed by atoms with van der Waals surface area (Å²) in [7, 11) is 0. The Labute approximate surface area is 116 Å². The monoisotopic (exact) mass is 260 g/mol. The molecule has 0 fully saturated rings. The summed E-state index contributed by atoms with van der Waals surface area (Å²) in [6.45, 7) is 10.7. The summed E-state index contributed by atoms with van der Waals surface area (Å²) in [4.78, 5) is 10.9. The Bertz CT molecular complexity index is 490. The Balaban J connectivity index is 3.30. The van der Waals surface area contributed by atoms with Crippen molar-refractivity contribution in [1.29, 1.82) is 0 Å². The Morgan fingerprint density at radius 3 is 2.42 bits per heavy atom. The first kappa shape index (κ1) is 15.5. The average Bonchev–Trinajstić information content (AvgIpc) is 2.27. The predicted molar refractivity (Wildman–Crippen MR) is 80.4 cm³/mol. The van der Waals surface area contributed by atoms with Gasteiger partial charge in [0.1, 0.15) is 0 Å². The van der Waals surface area contributed by atoms with Crippen LogP contribution in [0.25, 0.3) is 5.57 Å². The molecule has 0 heterocycles. The van der Waals surface area contributed by atoms with Crippen LogP contribution in [0.4, 0.5) is 0 Å². The summed E-state index contributed by atoms with van der Waals surface area (Å²) < 4.78 is 0. The number of hydrogen-bond acceptors (Lipinski definition) is 1. The Morgan fingerprint density at radius 1 is 1.32 bits per heavy atom. The van der Waals surface area contributed by atoms with Crippen LogP contribution in [0.3, 0.4) is 0 Å². The number of benzene rings is 1. The number of aliphatic carboxylic acids is 1. The fourth-order valence-corrected chi connectivity index (χ4v) is 2.35. The summed E-state index contributed by atoms with van der Waals surface area (Å²) in [6.07, 6.45) is 3.07. The molecule has 0 aliphatic heterocycles. The van der Waals surface area contributed by atoms with Gasteiger partial charge in [-0.05, 0) is 41.0 Å². The number of carboxylic acid groups (broad SMARTS) is 1. The number of carboxylic acids is 1. The maximum atomic E-state index is 10.9. The van der Waals surface area contributed by atoms with Crippen molar-refractivity contribution in [3.63, 3.8) is 0 Å². The largest absolute Gasteiger partial charge is 0.478 e. The van der Waals surface area contributed by atoms with Gasteiger partial charge < -0.3 is 5.11 Å². The second-order valence-corrected chi connectivity index (χ2v) is 6.04. The SMILES string of the molecule is CCC/C(=C\C(=O)O)c1ccc(C)c(C(C)(C)C)c1. The topological polar surface area (TPSA) is 37.3 Å². The first-order valence-corrected chi connectivity index (χ1v) is 6.80. The van der Waals surface area contributed by atoms with E-state index in [1.807, 2.05) is 6.07 Å². The third kappa shape index (κ3) is 4.23. The molecule has 0 amide bonds. The highest BCUT2D eigenvalue weighted by atomic mass is 16.4. The van der Waals surface area contributed by atoms with Crippen molar-refractivity contribution in [1.82, 2.24) is 0 Å². The van der Waals surface area contributed by atoms with Crippen molar-refractivity contribution in [2.24, 2.45) is 0 Å². The zero-order valence-electron chi connectivity index (χ0n) is 12.6. The molecular weight excluding hydrogens is 236 g/mol. The van der Waals surface area contributed by atoms with Gasteiger partial charge in [0.2, 0.25) is 0 Å². The van der Waals surface area contributed by atoms with Crippen LogP contribution in [0, 0.1) is 6.92 Å². The zero-order chi connectivity index (χ0) is 14.6. The highest BCUT2D eigenvalue weighted by Gasteiger charge is 2.17. The fourth-order valence-electron chi connectivity index (χ4n) is 2.35. The molecular formula is C17H24O2. The van der Waals surface area contributed by atoms with E-state index in [0.29, 0.717) is 0 Å². The van der Waals surface area contributed by atoms with Crippen molar-refractivity contribution < 1.29 is 9.90 Å². The Morgan fingerprint density at radius 2 is 1.95 bits per heavy atom. The molecule has 0 aliphatic carbocycles. The van der Waals surface area contributed by atoms with Gasteiger partial charge in [-0.25, -0.2) is 4.79 Å². The van der Waals surface area contributed by atoms with Crippen molar-refractivity contribution in [3.8, 4) is 0 Å². The van der Waals surface area contributed by atoms with Gasteiger partial charge in [-0.3, -0.25) is 0 Å². The van der Waals surface area contributed by atoms with E-state index in [9.17, 15) is 4.79 Å². The van der Waals surface area contributed by atoms with E-state index in [2.05, 4.69) is 46.8 Å². The highest BCUT2D eigenvalue weighted by molar-refractivity contribution is 5.90. The average molecular weight is 260 g/mol. The van der Waals surface area contributed by atoms with Crippen LogP contribution in [0.2, 0.25) is 0 Å². The van der Waals surface area contributed by atoms with E-state index < -0.39 is 5.97 Å². The van der Waals surface area contributed by atoms with Gasteiger partial charge >= 0.3 is 5.97 Å². The van der Waals surface area contributed by atoms with Crippen LogP contribution in [0.15, 0.2) is 24.3 Å². The molecule has 0 radical (unpaired) electrons. The number of rotatable bonds is 4. The van der Waals surface area contributed by atoms with Crippen molar-refractivity contribution in [2.45, 2.75) is 52.9 Å². The van der Waals surface area contributed by atoms with Gasteiger partial charge in [0.25, 0.3) is 0 Å². The molecule has 0 bridgehead atoms. The Kier molecular flexibility index (Phi) is 4.93. The normalized spacial score (nSPS) is 12.6. The summed E-state index contributed by atoms with van der Waals surface area (Å²) in [5.74, 6) is -0.874. The van der Waals surface area contributed by atoms with Crippen LogP contribution in [-0.4, -0.2) is 11.1 Å². The highest BCUT2D eigenvalue weighted by Crippen LogP contribution is 2.30. The van der Waals surface area contributed by atoms with Gasteiger partial charge in [0, 0.05) is 6.08 Å². The summed E-state index contributed by atoms with van der Waals surface area (Å²) >= 11 is 0. The second-order valence-electron chi connectivity index (χ2n) is 6.04. The summed E-state index contributed by atoms with van der Waals surface area (Å²) in [5, 5.41) is 8.98. The van der Waals surface area contributed by atoms with E-state index in [1.54, 1.807) is 0 Å². The second kappa shape index (κ2) is 6.05. The van der Waals surface area contributed by atoms with Crippen LogP contribution in [-0.2, 0) is 10.2 Å². The van der Waals surface area contributed by atoms with Gasteiger partial charge in [0.15, 0.2) is 0 Å². The minimum absolute atomic E-state index is 0.0701. The molecule has 104 valence electrons. The molecule has 2 nitrogen and oxygen atoms in total. The smallest absolute Gasteiger partial charge is 0.328 e. The molecule has 0 saturated heterocycles. The van der Waals surface area contributed by atoms with E-state index in [0.717, 1.165) is 24.0 Å². The fraction of sp³-hybridized carbons (Fsp3) is 0.471. The molecule has 1 rings (SSSR count). The summed E-state index contributed by atoms with van der Waals surface area (Å²) in [6, 6.07) is 6.25. The first-order valence-electron chi connectivity index (χ1n) is 6.80. The minimum atomic E-state index is -0.874. The quantitative estimate of drug-likeness (QED) is 0.806. The lowest BCUT2D eigenvalue weighted by molar-refractivity contribution is -0.131. The third-order valence-corrected chi connectivity index (χ3v) is 3.23. The number of carbonyl (C=O) groups is 1. The minimum Gasteiger partial charge on any atom is -0.478 e. The van der Waals surface area contributed by atoms with Gasteiger partial charge in [-0.2, -0.15) is 0 Å². The predicted octanol–water partition coefficient (Wildman–Crippen LogP) is 4.56. The molecule has 0 aliphatic rings. The molecule has 1 aromatic rings. The molecule has 0 saturated carbocycles. The van der Waals surface area contributed by atoms with Crippen LogP contribution in [0.1, 0.15) is 57.2 Å². The zero-order valence-corrected chi connectivity index (χ0v) is 12.6. The molecule has 1 aromatic carbocycles. The lowest BCUT2D eigenvalue weighted by Crippen LogP contribution is -2.13. The molecule has 0 unspecified atom stereocenters. The van der Waals surface area contributed by atoms with Gasteiger partial charge in [-0.1, -0.05) is 52.3 Å². The molecule has 19 heavy (non-hydrogen) atoms. The van der Waals surface area contributed by atoms with Crippen molar-refractivity contribution >= 4 is 11.5 Å². The number of hydrogen-bond donors (Lipinski definition) is 1. The third-order valence-electron chi connectivity index (χ3n) is 3.23. The van der Waals surface area contributed by atoms with E-state index in [4.69, 9.17) is 5.11 Å². The van der Waals surface area contributed by atoms with E-state index in [-0.39, 0.29) is 5.41 Å². The standard InChI is InChI=1S/C17H24O2/c1-6-7-13(11-16(18)19)14-9-8-12(2)15(10-14)17(3,4)5/h8-11H,6-7H2,1-5H3,(H,18,19)/b13-11+. The van der Waals surface area contributed by atoms with E-state index in [1.165, 1.54) is 17.2 Å². The Hall–Kier alpha value is -1.57. The lowest BCUT2D eigenvalue weighted by atomic mass is 9.82. The molecule has 0 spiro atoms. The maximum absolute atomic E-state index is 10.9. The molecule has 2 heteroatoms. The van der Waals surface area contributed by atoms with Gasteiger partial charge in [0.05, 0.1) is 0 Å². The van der Waals surface area contributed by atoms with Gasteiger partial charge in [-0.15, -0.1) is 0 Å². The van der Waals surface area contributed by atoms with E-state index >= 15 is 0 Å². The maximum Gasteiger partial charge on any atom is 0.328 e. The number of aryl methyl sites for hydroxylation is 1. The summed E-state index contributed by atoms with van der Waals surface area (Å²) in [5.41, 5.74) is 4.53. The van der Waals surface area contributed by atoms with Crippen molar-refractivity contribution in [3.05, 3.63) is 41.0 Å². The van der Waals surface area contributed by atoms with Crippen molar-refractivity contribution in [2.75, 3.05) is 0 Å². The molecule has 0 aromatic heterocycles. The number of allylic oxidation sites excluding steroid dienone is 1. The van der Waals surface area contributed by atoms with Crippen LogP contribution in [0.5, 0.6) is 0 Å². The molecule has 0 atom stereocenters.